The Kier molecular flexibility index (Phi) is 4.71. The Morgan fingerprint density at radius 1 is 1.47 bits per heavy atom. The zero-order valence-electron chi connectivity index (χ0n) is 9.30. The van der Waals surface area contributed by atoms with Crippen molar-refractivity contribution in [3.63, 3.8) is 0 Å². The fraction of sp³-hybridized carbons (Fsp3) is 0.385. The monoisotopic (exact) mass is 266 g/mol. The fourth-order valence-corrected chi connectivity index (χ4v) is 1.83. The molecule has 0 heterocycles. The summed E-state index contributed by atoms with van der Waals surface area (Å²) in [5.41, 5.74) is 1.20. The Bertz CT molecular complexity index is 387. The van der Waals surface area contributed by atoms with E-state index >= 15 is 0 Å². The Balaban J connectivity index is 2.97. The maximum atomic E-state index is 5.33. The lowest BCUT2D eigenvalue weighted by molar-refractivity contribution is 0.406. The molecule has 1 rings (SSSR count). The molecule has 0 bridgehead atoms. The van der Waals surface area contributed by atoms with Crippen molar-refractivity contribution in [3.8, 4) is 17.6 Å². The molecule has 0 fully saturated rings. The number of rotatable bonds is 3. The fourth-order valence-electron chi connectivity index (χ4n) is 1.46. The molecule has 0 radical (unpaired) electrons. The number of hydrogen-bond donors (Lipinski definition) is 0. The molecular formula is C13H15BrO. The van der Waals surface area contributed by atoms with Crippen molar-refractivity contribution in [2.75, 3.05) is 7.11 Å². The Hall–Kier alpha value is -0.940. The SMILES string of the molecule is CC#CCC(C)c1cc(Br)ccc1OC. The smallest absolute Gasteiger partial charge is 0.122 e. The van der Waals surface area contributed by atoms with Gasteiger partial charge in [-0.1, -0.05) is 22.9 Å². The lowest BCUT2D eigenvalue weighted by atomic mass is 9.97. The lowest BCUT2D eigenvalue weighted by Gasteiger charge is -2.13. The van der Waals surface area contributed by atoms with Crippen molar-refractivity contribution >= 4 is 15.9 Å². The summed E-state index contributed by atoms with van der Waals surface area (Å²) in [6.07, 6.45) is 0.864. The second-order valence-corrected chi connectivity index (χ2v) is 4.33. The largest absolute Gasteiger partial charge is 0.496 e. The molecule has 0 saturated carbocycles. The molecule has 1 aromatic rings. The minimum absolute atomic E-state index is 0.393. The van der Waals surface area contributed by atoms with E-state index in [0.717, 1.165) is 16.6 Å². The van der Waals surface area contributed by atoms with Crippen LogP contribution in [0.2, 0.25) is 0 Å². The van der Waals surface area contributed by atoms with Crippen LogP contribution >= 0.6 is 15.9 Å². The number of hydrogen-bond acceptors (Lipinski definition) is 1. The maximum Gasteiger partial charge on any atom is 0.122 e. The van der Waals surface area contributed by atoms with Crippen molar-refractivity contribution in [1.29, 1.82) is 0 Å². The summed E-state index contributed by atoms with van der Waals surface area (Å²) in [5, 5.41) is 0. The van der Waals surface area contributed by atoms with E-state index in [0.29, 0.717) is 5.92 Å². The first-order chi connectivity index (χ1) is 7.19. The van der Waals surface area contributed by atoms with Gasteiger partial charge in [-0.15, -0.1) is 11.8 Å². The van der Waals surface area contributed by atoms with Crippen LogP contribution in [0.4, 0.5) is 0 Å². The summed E-state index contributed by atoms with van der Waals surface area (Å²) in [6, 6.07) is 6.07. The number of halogens is 1. The molecule has 1 nitrogen and oxygen atoms in total. The second kappa shape index (κ2) is 5.82. The standard InChI is InChI=1S/C13H15BrO/c1-4-5-6-10(2)12-9-11(14)7-8-13(12)15-3/h7-10H,6H2,1-3H3. The molecule has 0 aliphatic rings. The van der Waals surface area contributed by atoms with Crippen LogP contribution in [-0.2, 0) is 0 Å². The van der Waals surface area contributed by atoms with Crippen LogP contribution in [0.1, 0.15) is 31.7 Å². The molecule has 1 aromatic carbocycles. The van der Waals surface area contributed by atoms with Crippen LogP contribution in [0.5, 0.6) is 5.75 Å². The molecule has 1 unspecified atom stereocenters. The predicted octanol–water partition coefficient (Wildman–Crippen LogP) is 3.97. The van der Waals surface area contributed by atoms with Gasteiger partial charge in [-0.05, 0) is 36.6 Å². The summed E-state index contributed by atoms with van der Waals surface area (Å²) in [4.78, 5) is 0. The summed E-state index contributed by atoms with van der Waals surface area (Å²) >= 11 is 3.47. The van der Waals surface area contributed by atoms with Gasteiger partial charge in [-0.25, -0.2) is 0 Å². The molecular weight excluding hydrogens is 252 g/mol. The highest BCUT2D eigenvalue weighted by molar-refractivity contribution is 9.10. The van der Waals surface area contributed by atoms with Crippen LogP contribution in [0.15, 0.2) is 22.7 Å². The third-order valence-corrected chi connectivity index (χ3v) is 2.80. The molecule has 0 aromatic heterocycles. The van der Waals surface area contributed by atoms with Gasteiger partial charge < -0.3 is 4.74 Å². The molecule has 0 saturated heterocycles. The quantitative estimate of drug-likeness (QED) is 0.753. The molecule has 80 valence electrons. The van der Waals surface area contributed by atoms with E-state index in [1.54, 1.807) is 7.11 Å². The molecule has 0 N–H and O–H groups in total. The Morgan fingerprint density at radius 3 is 2.80 bits per heavy atom. The van der Waals surface area contributed by atoms with E-state index in [1.807, 2.05) is 19.1 Å². The summed E-state index contributed by atoms with van der Waals surface area (Å²) < 4.78 is 6.41. The number of benzene rings is 1. The summed E-state index contributed by atoms with van der Waals surface area (Å²) in [5.74, 6) is 7.34. The average Bonchev–Trinajstić information content (AvgIpc) is 2.25. The Labute approximate surface area is 100.0 Å². The van der Waals surface area contributed by atoms with Gasteiger partial charge in [-0.2, -0.15) is 0 Å². The van der Waals surface area contributed by atoms with Gasteiger partial charge in [0, 0.05) is 10.9 Å². The second-order valence-electron chi connectivity index (χ2n) is 3.42. The van der Waals surface area contributed by atoms with Crippen molar-refractivity contribution < 1.29 is 4.74 Å². The van der Waals surface area contributed by atoms with E-state index in [1.165, 1.54) is 5.56 Å². The first-order valence-corrected chi connectivity index (χ1v) is 5.71. The molecule has 15 heavy (non-hydrogen) atoms. The van der Waals surface area contributed by atoms with Gasteiger partial charge in [0.15, 0.2) is 0 Å². The first-order valence-electron chi connectivity index (χ1n) is 4.92. The van der Waals surface area contributed by atoms with Crippen molar-refractivity contribution in [3.05, 3.63) is 28.2 Å². The van der Waals surface area contributed by atoms with Crippen LogP contribution in [-0.4, -0.2) is 7.11 Å². The molecule has 1 atom stereocenters. The zero-order chi connectivity index (χ0) is 11.3. The minimum Gasteiger partial charge on any atom is -0.496 e. The average molecular weight is 267 g/mol. The highest BCUT2D eigenvalue weighted by atomic mass is 79.9. The predicted molar refractivity (Wildman–Crippen MR) is 67.2 cm³/mol. The first kappa shape index (κ1) is 12.1. The van der Waals surface area contributed by atoms with Gasteiger partial charge in [0.25, 0.3) is 0 Å². The van der Waals surface area contributed by atoms with Gasteiger partial charge >= 0.3 is 0 Å². The zero-order valence-corrected chi connectivity index (χ0v) is 10.9. The lowest BCUT2D eigenvalue weighted by Crippen LogP contribution is -1.97. The van der Waals surface area contributed by atoms with Crippen molar-refractivity contribution in [1.82, 2.24) is 0 Å². The van der Waals surface area contributed by atoms with Crippen LogP contribution < -0.4 is 4.74 Å². The molecule has 0 aliphatic carbocycles. The van der Waals surface area contributed by atoms with Gasteiger partial charge in [0.2, 0.25) is 0 Å². The molecule has 0 spiro atoms. The van der Waals surface area contributed by atoms with E-state index in [4.69, 9.17) is 4.74 Å². The van der Waals surface area contributed by atoms with E-state index in [9.17, 15) is 0 Å². The van der Waals surface area contributed by atoms with E-state index in [2.05, 4.69) is 40.8 Å². The minimum atomic E-state index is 0.393. The van der Waals surface area contributed by atoms with Crippen molar-refractivity contribution in [2.45, 2.75) is 26.2 Å². The van der Waals surface area contributed by atoms with Crippen molar-refractivity contribution in [2.24, 2.45) is 0 Å². The summed E-state index contributed by atoms with van der Waals surface area (Å²) in [7, 11) is 1.70. The van der Waals surface area contributed by atoms with E-state index < -0.39 is 0 Å². The van der Waals surface area contributed by atoms with Gasteiger partial charge in [0.1, 0.15) is 5.75 Å². The topological polar surface area (TPSA) is 9.23 Å². The third-order valence-electron chi connectivity index (χ3n) is 2.31. The number of methoxy groups -OCH3 is 1. The molecule has 0 aliphatic heterocycles. The van der Waals surface area contributed by atoms with Crippen LogP contribution in [0.25, 0.3) is 0 Å². The van der Waals surface area contributed by atoms with E-state index in [-0.39, 0.29) is 0 Å². The number of ether oxygens (including phenoxy) is 1. The summed E-state index contributed by atoms with van der Waals surface area (Å²) in [6.45, 7) is 4.03. The highest BCUT2D eigenvalue weighted by Gasteiger charge is 2.10. The van der Waals surface area contributed by atoms with Gasteiger partial charge in [-0.3, -0.25) is 0 Å². The highest BCUT2D eigenvalue weighted by Crippen LogP contribution is 2.31. The Morgan fingerprint density at radius 2 is 2.20 bits per heavy atom. The molecule has 0 amide bonds. The van der Waals surface area contributed by atoms with Crippen LogP contribution in [0, 0.1) is 11.8 Å². The van der Waals surface area contributed by atoms with Gasteiger partial charge in [0.05, 0.1) is 7.11 Å². The van der Waals surface area contributed by atoms with Crippen LogP contribution in [0.3, 0.4) is 0 Å². The molecule has 2 heteroatoms. The normalized spacial score (nSPS) is 11.5. The maximum absolute atomic E-state index is 5.33. The third kappa shape index (κ3) is 3.28.